The number of pyridine rings is 1. The highest BCUT2D eigenvalue weighted by Gasteiger charge is 2.31. The minimum atomic E-state index is -3.51. The third-order valence-corrected chi connectivity index (χ3v) is 8.71. The molecule has 1 amide bonds. The molecule has 1 aromatic heterocycles. The molecule has 1 saturated heterocycles. The number of hydrogen-bond acceptors (Lipinski definition) is 6. The summed E-state index contributed by atoms with van der Waals surface area (Å²) in [4.78, 5) is 22.3. The van der Waals surface area contributed by atoms with E-state index in [2.05, 4.69) is 22.0 Å². The number of ether oxygens (including phenoxy) is 1. The van der Waals surface area contributed by atoms with E-state index >= 15 is 0 Å². The Bertz CT molecular complexity index is 1510. The number of alkyl halides is 2. The van der Waals surface area contributed by atoms with Crippen LogP contribution >= 0.6 is 0 Å². The van der Waals surface area contributed by atoms with E-state index in [0.717, 1.165) is 37.9 Å². The van der Waals surface area contributed by atoms with Gasteiger partial charge in [0.1, 0.15) is 22.6 Å². The fourth-order valence-corrected chi connectivity index (χ4v) is 6.30. The van der Waals surface area contributed by atoms with Crippen LogP contribution in [-0.4, -0.2) is 71.1 Å². The van der Waals surface area contributed by atoms with Crippen molar-refractivity contribution in [3.05, 3.63) is 96.2 Å². The zero-order chi connectivity index (χ0) is 29.7. The normalized spacial score (nSPS) is 15.0. The molecule has 7 nitrogen and oxygen atoms in total. The second-order valence-corrected chi connectivity index (χ2v) is 11.9. The van der Waals surface area contributed by atoms with Crippen LogP contribution in [0.15, 0.2) is 90.0 Å². The largest absolute Gasteiger partial charge is 0.588 e. The Hall–Kier alpha value is -3.73. The highest BCUT2D eigenvalue weighted by atomic mass is 32.2. The van der Waals surface area contributed by atoms with E-state index in [-0.39, 0.29) is 22.9 Å². The minimum Gasteiger partial charge on any atom is -0.588 e. The number of carbonyl (C=O) groups is 1. The molecule has 4 aromatic rings. The second-order valence-electron chi connectivity index (χ2n) is 10.4. The van der Waals surface area contributed by atoms with Crippen molar-refractivity contribution in [1.29, 1.82) is 0 Å². The van der Waals surface area contributed by atoms with Crippen LogP contribution in [0.4, 0.5) is 14.5 Å². The van der Waals surface area contributed by atoms with Gasteiger partial charge < -0.3 is 14.2 Å². The SMILES string of the molecule is CN(c1ccc(C(=O)N2CCN(CCCc3ccccc3)CC2)cc1OC(C)(F)F)[S+]([O-])c1cccc2cccnc12. The lowest BCUT2D eigenvalue weighted by molar-refractivity contribution is -0.158. The summed E-state index contributed by atoms with van der Waals surface area (Å²) in [7, 11) is 1.53. The number of fused-ring (bicyclic) bond motifs is 1. The quantitative estimate of drug-likeness (QED) is 0.218. The van der Waals surface area contributed by atoms with Gasteiger partial charge in [-0.05, 0) is 55.3 Å². The molecular weight excluding hydrogens is 558 g/mol. The molecule has 42 heavy (non-hydrogen) atoms. The summed E-state index contributed by atoms with van der Waals surface area (Å²) < 4.78 is 48.2. The van der Waals surface area contributed by atoms with Crippen molar-refractivity contribution in [2.75, 3.05) is 44.1 Å². The van der Waals surface area contributed by atoms with E-state index in [1.807, 2.05) is 30.3 Å². The highest BCUT2D eigenvalue weighted by Crippen LogP contribution is 2.36. The number of aromatic nitrogens is 1. The number of hydrogen-bond donors (Lipinski definition) is 0. The van der Waals surface area contributed by atoms with Gasteiger partial charge in [0.15, 0.2) is 5.75 Å². The number of piperazine rings is 1. The van der Waals surface area contributed by atoms with Gasteiger partial charge in [-0.2, -0.15) is 13.1 Å². The van der Waals surface area contributed by atoms with Gasteiger partial charge in [-0.15, -0.1) is 0 Å². The second kappa shape index (κ2) is 13.1. The summed E-state index contributed by atoms with van der Waals surface area (Å²) in [6.07, 6.45) is 0.147. The van der Waals surface area contributed by atoms with Gasteiger partial charge in [-0.3, -0.25) is 14.7 Å². The molecule has 1 unspecified atom stereocenters. The van der Waals surface area contributed by atoms with Crippen LogP contribution in [0.2, 0.25) is 0 Å². The Labute approximate surface area is 248 Å². The number of aryl methyl sites for hydroxylation is 1. The topological polar surface area (TPSA) is 72.0 Å². The van der Waals surface area contributed by atoms with Crippen molar-refractivity contribution >= 4 is 33.9 Å². The molecule has 3 aromatic carbocycles. The number of carbonyl (C=O) groups excluding carboxylic acids is 1. The average Bonchev–Trinajstić information content (AvgIpc) is 3.00. The van der Waals surface area contributed by atoms with E-state index in [4.69, 9.17) is 4.74 Å². The van der Waals surface area contributed by atoms with Gasteiger partial charge in [0.05, 0.1) is 7.05 Å². The molecule has 10 heteroatoms. The smallest absolute Gasteiger partial charge is 0.394 e. The summed E-state index contributed by atoms with van der Waals surface area (Å²) in [5.41, 5.74) is 2.28. The van der Waals surface area contributed by atoms with Crippen LogP contribution in [0.5, 0.6) is 5.75 Å². The molecule has 0 spiro atoms. The lowest BCUT2D eigenvalue weighted by atomic mass is 10.1. The van der Waals surface area contributed by atoms with Gasteiger partial charge >= 0.3 is 6.11 Å². The van der Waals surface area contributed by atoms with E-state index in [9.17, 15) is 18.1 Å². The number of anilines is 1. The summed E-state index contributed by atoms with van der Waals surface area (Å²) >= 11 is -1.79. The van der Waals surface area contributed by atoms with E-state index in [0.29, 0.717) is 30.4 Å². The lowest BCUT2D eigenvalue weighted by Gasteiger charge is -2.35. The predicted molar refractivity (Wildman–Crippen MR) is 161 cm³/mol. The first-order valence-corrected chi connectivity index (χ1v) is 15.1. The van der Waals surface area contributed by atoms with Crippen molar-refractivity contribution < 1.29 is 22.9 Å². The molecule has 1 aliphatic heterocycles. The van der Waals surface area contributed by atoms with Crippen molar-refractivity contribution in [3.63, 3.8) is 0 Å². The summed E-state index contributed by atoms with van der Waals surface area (Å²) in [6.45, 7) is 4.17. The molecule has 1 aliphatic rings. The maximum absolute atomic E-state index is 14.1. The van der Waals surface area contributed by atoms with Crippen molar-refractivity contribution in [3.8, 4) is 5.75 Å². The van der Waals surface area contributed by atoms with E-state index in [1.165, 1.54) is 29.0 Å². The molecule has 220 valence electrons. The van der Waals surface area contributed by atoms with Gasteiger partial charge in [0.25, 0.3) is 5.91 Å². The zero-order valence-electron chi connectivity index (χ0n) is 23.7. The first kappa shape index (κ1) is 29.8. The van der Waals surface area contributed by atoms with Crippen LogP contribution in [0.1, 0.15) is 29.3 Å². The Morgan fingerprint density at radius 1 is 1.02 bits per heavy atom. The fraction of sp³-hybridized carbons (Fsp3) is 0.312. The standard InChI is InChI=1S/C32H34F2N4O3S/c1-32(33,34)41-28-23-26(31(39)38-21-19-37(20-22-38)18-8-11-24-9-4-3-5-10-24)15-16-27(28)36(2)42(40)29-14-6-12-25-13-7-17-35-30(25)29/h3-7,9-10,12-17,23H,8,11,18-22H2,1-2H3. The van der Waals surface area contributed by atoms with E-state index in [1.54, 1.807) is 35.4 Å². The lowest BCUT2D eigenvalue weighted by Crippen LogP contribution is -2.48. The van der Waals surface area contributed by atoms with E-state index < -0.39 is 17.5 Å². The van der Waals surface area contributed by atoms with Crippen LogP contribution in [0.25, 0.3) is 10.9 Å². The van der Waals surface area contributed by atoms with Gasteiger partial charge in [-0.25, -0.2) is 0 Å². The molecule has 0 aliphatic carbocycles. The first-order chi connectivity index (χ1) is 20.2. The van der Waals surface area contributed by atoms with Crippen LogP contribution < -0.4 is 9.04 Å². The highest BCUT2D eigenvalue weighted by molar-refractivity contribution is 7.93. The summed E-state index contributed by atoms with van der Waals surface area (Å²) in [5.74, 6) is -0.478. The van der Waals surface area contributed by atoms with Gasteiger partial charge in [0, 0.05) is 50.2 Å². The van der Waals surface area contributed by atoms with Crippen molar-refractivity contribution in [2.45, 2.75) is 30.8 Å². The van der Waals surface area contributed by atoms with Crippen LogP contribution in [-0.2, 0) is 17.8 Å². The molecule has 5 rings (SSSR count). The maximum atomic E-state index is 14.1. The Morgan fingerprint density at radius 2 is 1.76 bits per heavy atom. The number of benzene rings is 3. The molecule has 1 fully saturated rings. The Balaban J connectivity index is 1.28. The molecule has 1 atom stereocenters. The summed E-state index contributed by atoms with van der Waals surface area (Å²) in [6, 6.07) is 23.7. The zero-order valence-corrected chi connectivity index (χ0v) is 24.5. The third-order valence-electron chi connectivity index (χ3n) is 7.31. The Kier molecular flexibility index (Phi) is 9.25. The monoisotopic (exact) mass is 592 g/mol. The van der Waals surface area contributed by atoms with Crippen molar-refractivity contribution in [1.82, 2.24) is 14.8 Å². The molecular formula is C32H34F2N4O3S. The molecule has 0 bridgehead atoms. The van der Waals surface area contributed by atoms with Crippen molar-refractivity contribution in [2.24, 2.45) is 0 Å². The van der Waals surface area contributed by atoms with Gasteiger partial charge in [0.2, 0.25) is 4.90 Å². The third kappa shape index (κ3) is 7.18. The van der Waals surface area contributed by atoms with Crippen LogP contribution in [0.3, 0.4) is 0 Å². The molecule has 0 saturated carbocycles. The number of amides is 1. The van der Waals surface area contributed by atoms with Gasteiger partial charge in [-0.1, -0.05) is 48.5 Å². The maximum Gasteiger partial charge on any atom is 0.394 e. The Morgan fingerprint density at radius 3 is 2.50 bits per heavy atom. The predicted octanol–water partition coefficient (Wildman–Crippen LogP) is 5.78. The number of rotatable bonds is 10. The molecule has 2 heterocycles. The van der Waals surface area contributed by atoms with Crippen LogP contribution in [0, 0.1) is 0 Å². The number of nitrogens with zero attached hydrogens (tertiary/aromatic N) is 4. The summed E-state index contributed by atoms with van der Waals surface area (Å²) in [5, 5.41) is 0.811. The minimum absolute atomic E-state index is 0.169. The number of para-hydroxylation sites is 1. The first-order valence-electron chi connectivity index (χ1n) is 14.0. The molecule has 0 N–H and O–H groups in total. The number of halogens is 2. The molecule has 0 radical (unpaired) electrons. The fourth-order valence-electron chi connectivity index (χ4n) is 5.14. The average molecular weight is 593 g/mol.